The molecule has 18 heavy (non-hydrogen) atoms. The molecule has 2 atom stereocenters. The van der Waals surface area contributed by atoms with Crippen LogP contribution >= 0.6 is 0 Å². The number of ether oxygens (including phenoxy) is 1. The number of aryl methyl sites for hydroxylation is 1. The van der Waals surface area contributed by atoms with Crippen LogP contribution in [-0.4, -0.2) is 13.2 Å². The van der Waals surface area contributed by atoms with Crippen molar-refractivity contribution < 1.29 is 10.1 Å². The second kappa shape index (κ2) is 6.24. The van der Waals surface area contributed by atoms with E-state index < -0.39 is 0 Å². The Morgan fingerprint density at radius 2 is 2.06 bits per heavy atom. The number of hydrogen-bond acceptors (Lipinski definition) is 1. The molecule has 0 spiro atoms. The van der Waals surface area contributed by atoms with E-state index in [4.69, 9.17) is 4.74 Å². The summed E-state index contributed by atoms with van der Waals surface area (Å²) < 4.78 is 5.30. The molecule has 1 fully saturated rings. The minimum absolute atomic E-state index is 0.821. The number of quaternary nitrogens is 1. The van der Waals surface area contributed by atoms with E-state index in [1.807, 2.05) is 0 Å². The molecule has 0 aliphatic heterocycles. The van der Waals surface area contributed by atoms with Gasteiger partial charge in [-0.05, 0) is 49.9 Å². The smallest absolute Gasteiger partial charge is 0.121 e. The average Bonchev–Trinajstić information content (AvgIpc) is 2.38. The van der Waals surface area contributed by atoms with Crippen molar-refractivity contribution in [2.45, 2.75) is 52.1 Å². The predicted molar refractivity (Wildman–Crippen MR) is 74.8 cm³/mol. The van der Waals surface area contributed by atoms with Crippen LogP contribution in [0.1, 0.15) is 43.7 Å². The van der Waals surface area contributed by atoms with E-state index in [9.17, 15) is 0 Å². The Morgan fingerprint density at radius 1 is 1.28 bits per heavy atom. The topological polar surface area (TPSA) is 25.8 Å². The maximum Gasteiger partial charge on any atom is 0.121 e. The van der Waals surface area contributed by atoms with E-state index in [2.05, 4.69) is 37.4 Å². The van der Waals surface area contributed by atoms with Crippen molar-refractivity contribution in [1.82, 2.24) is 0 Å². The van der Waals surface area contributed by atoms with Crippen LogP contribution in [0.2, 0.25) is 0 Å². The average molecular weight is 248 g/mol. The van der Waals surface area contributed by atoms with Crippen molar-refractivity contribution in [2.24, 2.45) is 5.92 Å². The molecule has 1 saturated carbocycles. The third kappa shape index (κ3) is 3.26. The van der Waals surface area contributed by atoms with Crippen molar-refractivity contribution in [2.75, 3.05) is 7.11 Å². The van der Waals surface area contributed by atoms with Crippen molar-refractivity contribution >= 4 is 0 Å². The first-order valence-electron chi connectivity index (χ1n) is 7.17. The molecule has 1 aliphatic rings. The Bertz CT molecular complexity index is 389. The molecule has 0 amide bonds. The van der Waals surface area contributed by atoms with Gasteiger partial charge >= 0.3 is 0 Å². The molecule has 2 N–H and O–H groups in total. The first-order chi connectivity index (χ1) is 8.70. The summed E-state index contributed by atoms with van der Waals surface area (Å²) in [5.41, 5.74) is 2.64. The van der Waals surface area contributed by atoms with E-state index >= 15 is 0 Å². The molecule has 0 radical (unpaired) electrons. The molecule has 2 nitrogen and oxygen atoms in total. The summed E-state index contributed by atoms with van der Waals surface area (Å²) in [6.07, 6.45) is 5.62. The van der Waals surface area contributed by atoms with E-state index in [1.54, 1.807) is 7.11 Å². The molecule has 0 bridgehead atoms. The molecule has 1 aromatic rings. The summed E-state index contributed by atoms with van der Waals surface area (Å²) in [7, 11) is 1.73. The first kappa shape index (κ1) is 13.4. The fraction of sp³-hybridized carbons (Fsp3) is 0.625. The first-order valence-corrected chi connectivity index (χ1v) is 7.17. The highest BCUT2D eigenvalue weighted by Crippen LogP contribution is 2.22. The maximum absolute atomic E-state index is 5.30. The van der Waals surface area contributed by atoms with Crippen LogP contribution in [0.25, 0.3) is 0 Å². The van der Waals surface area contributed by atoms with E-state index in [-0.39, 0.29) is 0 Å². The highest BCUT2D eigenvalue weighted by atomic mass is 16.5. The molecule has 2 rings (SSSR count). The SMILES string of the molecule is COc1ccc(C[NH2+][C@H]2CCCC[C@@H]2C)cc1C. The van der Waals surface area contributed by atoms with Crippen LogP contribution in [0, 0.1) is 12.8 Å². The zero-order valence-electron chi connectivity index (χ0n) is 11.9. The standard InChI is InChI=1S/C16H25NO/c1-12-6-4-5-7-15(12)17-11-14-8-9-16(18-3)13(2)10-14/h8-10,12,15,17H,4-7,11H2,1-3H3/p+1/t12-,15-/m0/s1. The largest absolute Gasteiger partial charge is 0.496 e. The van der Waals surface area contributed by atoms with Crippen molar-refractivity contribution in [3.8, 4) is 5.75 Å². The fourth-order valence-corrected chi connectivity index (χ4v) is 3.05. The summed E-state index contributed by atoms with van der Waals surface area (Å²) in [6.45, 7) is 5.62. The van der Waals surface area contributed by atoms with Gasteiger partial charge in [0.15, 0.2) is 0 Å². The zero-order valence-corrected chi connectivity index (χ0v) is 11.9. The van der Waals surface area contributed by atoms with Gasteiger partial charge in [-0.1, -0.05) is 13.3 Å². The van der Waals surface area contributed by atoms with Gasteiger partial charge in [0.25, 0.3) is 0 Å². The van der Waals surface area contributed by atoms with Crippen LogP contribution in [-0.2, 0) is 6.54 Å². The van der Waals surface area contributed by atoms with Gasteiger partial charge in [0.1, 0.15) is 12.3 Å². The van der Waals surface area contributed by atoms with Crippen LogP contribution in [0.5, 0.6) is 5.75 Å². The lowest BCUT2D eigenvalue weighted by Crippen LogP contribution is -2.90. The third-order valence-electron chi connectivity index (χ3n) is 4.29. The van der Waals surface area contributed by atoms with Crippen LogP contribution in [0.3, 0.4) is 0 Å². The van der Waals surface area contributed by atoms with Crippen LogP contribution < -0.4 is 10.1 Å². The third-order valence-corrected chi connectivity index (χ3v) is 4.29. The number of hydrogen-bond donors (Lipinski definition) is 1. The van der Waals surface area contributed by atoms with Crippen molar-refractivity contribution in [1.29, 1.82) is 0 Å². The second-order valence-electron chi connectivity index (χ2n) is 5.67. The highest BCUT2D eigenvalue weighted by molar-refractivity contribution is 5.35. The minimum Gasteiger partial charge on any atom is -0.496 e. The van der Waals surface area contributed by atoms with Gasteiger partial charge in [0.05, 0.1) is 13.2 Å². The Balaban J connectivity index is 1.91. The van der Waals surface area contributed by atoms with Gasteiger partial charge in [0.2, 0.25) is 0 Å². The lowest BCUT2D eigenvalue weighted by atomic mass is 9.86. The Morgan fingerprint density at radius 3 is 2.72 bits per heavy atom. The van der Waals surface area contributed by atoms with E-state index in [0.29, 0.717) is 0 Å². The van der Waals surface area contributed by atoms with Crippen LogP contribution in [0.4, 0.5) is 0 Å². The lowest BCUT2D eigenvalue weighted by Gasteiger charge is -2.26. The molecule has 0 heterocycles. The van der Waals surface area contributed by atoms with Gasteiger partial charge in [-0.25, -0.2) is 0 Å². The fourth-order valence-electron chi connectivity index (χ4n) is 3.05. The normalized spacial score (nSPS) is 23.9. The van der Waals surface area contributed by atoms with Crippen molar-refractivity contribution in [3.05, 3.63) is 29.3 Å². The molecular weight excluding hydrogens is 222 g/mol. The highest BCUT2D eigenvalue weighted by Gasteiger charge is 2.23. The van der Waals surface area contributed by atoms with Crippen LogP contribution in [0.15, 0.2) is 18.2 Å². The molecular formula is C16H26NO+. The molecule has 1 aliphatic carbocycles. The Kier molecular flexibility index (Phi) is 4.65. The summed E-state index contributed by atoms with van der Waals surface area (Å²) in [5.74, 6) is 1.86. The summed E-state index contributed by atoms with van der Waals surface area (Å²) >= 11 is 0. The van der Waals surface area contributed by atoms with Crippen molar-refractivity contribution in [3.63, 3.8) is 0 Å². The number of rotatable bonds is 4. The maximum atomic E-state index is 5.30. The van der Waals surface area contributed by atoms with E-state index in [0.717, 1.165) is 24.3 Å². The molecule has 1 aromatic carbocycles. The molecule has 2 heteroatoms. The van der Waals surface area contributed by atoms with Gasteiger partial charge in [-0.15, -0.1) is 0 Å². The summed E-state index contributed by atoms with van der Waals surface area (Å²) in [6, 6.07) is 7.35. The molecule has 0 aromatic heterocycles. The van der Waals surface area contributed by atoms with Gasteiger partial charge in [0, 0.05) is 11.5 Å². The monoisotopic (exact) mass is 248 g/mol. The lowest BCUT2D eigenvalue weighted by molar-refractivity contribution is -0.712. The quantitative estimate of drug-likeness (QED) is 0.871. The summed E-state index contributed by atoms with van der Waals surface area (Å²) in [4.78, 5) is 0. The van der Waals surface area contributed by atoms with Gasteiger partial charge in [-0.3, -0.25) is 0 Å². The Labute approximate surface area is 111 Å². The zero-order chi connectivity index (χ0) is 13.0. The van der Waals surface area contributed by atoms with Gasteiger partial charge < -0.3 is 10.1 Å². The summed E-state index contributed by atoms with van der Waals surface area (Å²) in [5, 5.41) is 2.53. The van der Waals surface area contributed by atoms with E-state index in [1.165, 1.54) is 36.8 Å². The van der Waals surface area contributed by atoms with Gasteiger partial charge in [-0.2, -0.15) is 0 Å². The number of nitrogens with two attached hydrogens (primary N) is 1. The number of methoxy groups -OCH3 is 1. The minimum atomic E-state index is 0.821. The number of benzene rings is 1. The molecule has 0 saturated heterocycles. The second-order valence-corrected chi connectivity index (χ2v) is 5.67. The Hall–Kier alpha value is -1.02. The molecule has 100 valence electrons. The predicted octanol–water partition coefficient (Wildman–Crippen LogP) is 2.65. The molecule has 0 unspecified atom stereocenters.